The van der Waals surface area contributed by atoms with Gasteiger partial charge in [0.15, 0.2) is 0 Å². The van der Waals surface area contributed by atoms with E-state index in [9.17, 15) is 0 Å². The summed E-state index contributed by atoms with van der Waals surface area (Å²) >= 11 is 1.88. The minimum absolute atomic E-state index is 0.856. The van der Waals surface area contributed by atoms with Gasteiger partial charge in [-0.25, -0.2) is 4.98 Å². The third-order valence-electron chi connectivity index (χ3n) is 13.3. The lowest BCUT2D eigenvalue weighted by molar-refractivity contribution is 1.01. The zero-order chi connectivity index (χ0) is 41.9. The summed E-state index contributed by atoms with van der Waals surface area (Å²) < 4.78 is 9.77. The van der Waals surface area contributed by atoms with Gasteiger partial charge in [-0.3, -0.25) is 9.13 Å². The number of pyridine rings is 1. The van der Waals surface area contributed by atoms with Gasteiger partial charge in [0.05, 0.1) is 38.8 Å². The van der Waals surface area contributed by atoms with Crippen LogP contribution in [-0.4, -0.2) is 18.7 Å². The van der Waals surface area contributed by atoms with Crippen LogP contribution in [0, 0.1) is 0 Å². The van der Waals surface area contributed by atoms with E-state index in [1.54, 1.807) is 0 Å². The molecule has 4 nitrogen and oxygen atoms in total. The first-order chi connectivity index (χ1) is 31.8. The number of fused-ring (bicyclic) bond motifs is 12. The topological polar surface area (TPSA) is 27.7 Å². The molecular formula is C59H36N4S. The van der Waals surface area contributed by atoms with E-state index < -0.39 is 0 Å². The second kappa shape index (κ2) is 13.6. The molecule has 14 aromatic rings. The van der Waals surface area contributed by atoms with E-state index in [0.29, 0.717) is 0 Å². The average Bonchev–Trinajstić information content (AvgIpc) is 4.10. The highest BCUT2D eigenvalue weighted by Crippen LogP contribution is 2.47. The fraction of sp³-hybridized carbons (Fsp3) is 0. The number of rotatable bonds is 5. The summed E-state index contributed by atoms with van der Waals surface area (Å²) in [5.41, 5.74) is 12.5. The van der Waals surface area contributed by atoms with Crippen LogP contribution in [0.3, 0.4) is 0 Å². The van der Waals surface area contributed by atoms with Gasteiger partial charge in [-0.15, -0.1) is 11.3 Å². The first-order valence-corrected chi connectivity index (χ1v) is 22.6. The lowest BCUT2D eigenvalue weighted by Crippen LogP contribution is -2.06. The highest BCUT2D eigenvalue weighted by molar-refractivity contribution is 7.26. The van der Waals surface area contributed by atoms with Crippen LogP contribution in [0.25, 0.3) is 125 Å². The molecule has 14 rings (SSSR count). The van der Waals surface area contributed by atoms with Crippen molar-refractivity contribution in [1.82, 2.24) is 18.7 Å². The van der Waals surface area contributed by atoms with E-state index >= 15 is 0 Å². The van der Waals surface area contributed by atoms with E-state index in [0.717, 1.165) is 50.5 Å². The highest BCUT2D eigenvalue weighted by atomic mass is 32.1. The van der Waals surface area contributed by atoms with Crippen molar-refractivity contribution in [3.05, 3.63) is 218 Å². The second-order valence-corrected chi connectivity index (χ2v) is 17.7. The third kappa shape index (κ3) is 5.01. The van der Waals surface area contributed by atoms with E-state index in [1.807, 2.05) is 11.3 Å². The van der Waals surface area contributed by atoms with Crippen LogP contribution in [0.5, 0.6) is 0 Å². The number of thiophene rings is 1. The molecule has 0 fully saturated rings. The standard InChI is InChI=1S/C59H36N4S/c1-8-27-48-38(17-1)39-18-2-9-28-49(39)61(48)54-33-16-24-45(47-26-15-25-46-44-23-7-14-34-55(44)64-59(46)47)58(54)37-35-56(62-50-29-10-3-19-40(50)41-20-4-11-30-51(41)62)60-57(36-37)63-52-31-12-5-21-42(52)43-22-6-13-32-53(43)63/h1-36H. The number of nitrogens with zero attached hydrogens (tertiary/aromatic N) is 4. The van der Waals surface area contributed by atoms with Gasteiger partial charge < -0.3 is 4.57 Å². The van der Waals surface area contributed by atoms with Gasteiger partial charge in [-0.05, 0) is 71.8 Å². The van der Waals surface area contributed by atoms with Crippen molar-refractivity contribution in [2.24, 2.45) is 0 Å². The molecule has 5 heteroatoms. The first-order valence-electron chi connectivity index (χ1n) is 21.8. The number of para-hydroxylation sites is 6. The van der Waals surface area contributed by atoms with Crippen molar-refractivity contribution < 1.29 is 0 Å². The highest BCUT2D eigenvalue weighted by Gasteiger charge is 2.24. The van der Waals surface area contributed by atoms with Crippen LogP contribution in [0.2, 0.25) is 0 Å². The van der Waals surface area contributed by atoms with E-state index in [-0.39, 0.29) is 0 Å². The summed E-state index contributed by atoms with van der Waals surface area (Å²) in [5, 5.41) is 9.82. The van der Waals surface area contributed by atoms with Crippen LogP contribution in [-0.2, 0) is 0 Å². The van der Waals surface area contributed by atoms with Crippen LogP contribution in [0.1, 0.15) is 0 Å². The molecule has 298 valence electrons. The van der Waals surface area contributed by atoms with Gasteiger partial charge in [-0.1, -0.05) is 158 Å². The Bertz CT molecular complexity index is 3920. The van der Waals surface area contributed by atoms with Crippen molar-refractivity contribution in [3.63, 3.8) is 0 Å². The van der Waals surface area contributed by atoms with Gasteiger partial charge in [0.1, 0.15) is 11.6 Å². The Morgan fingerprint density at radius 3 is 1.17 bits per heavy atom. The summed E-state index contributed by atoms with van der Waals surface area (Å²) in [5.74, 6) is 1.71. The van der Waals surface area contributed by atoms with Crippen molar-refractivity contribution >= 4 is 96.9 Å². The Morgan fingerprint density at radius 1 is 0.312 bits per heavy atom. The second-order valence-electron chi connectivity index (χ2n) is 16.7. The minimum Gasteiger partial charge on any atom is -0.309 e. The molecule has 0 saturated heterocycles. The fourth-order valence-corrected chi connectivity index (χ4v) is 11.8. The molecule has 0 radical (unpaired) electrons. The lowest BCUT2D eigenvalue weighted by atomic mass is 9.92. The Hall–Kier alpha value is -8.25. The van der Waals surface area contributed by atoms with Gasteiger partial charge >= 0.3 is 0 Å². The summed E-state index contributed by atoms with van der Waals surface area (Å²) in [6.07, 6.45) is 0. The predicted molar refractivity (Wildman–Crippen MR) is 271 cm³/mol. The molecule has 0 bridgehead atoms. The third-order valence-corrected chi connectivity index (χ3v) is 14.5. The van der Waals surface area contributed by atoms with Crippen molar-refractivity contribution in [2.75, 3.05) is 0 Å². The van der Waals surface area contributed by atoms with Crippen LogP contribution >= 0.6 is 11.3 Å². The Kier molecular flexibility index (Phi) is 7.53. The van der Waals surface area contributed by atoms with E-state index in [2.05, 4.69) is 232 Å². The molecule has 9 aromatic carbocycles. The van der Waals surface area contributed by atoms with Crippen molar-refractivity contribution in [1.29, 1.82) is 0 Å². The molecule has 0 saturated carbocycles. The maximum Gasteiger partial charge on any atom is 0.140 e. The normalized spacial score (nSPS) is 12.1. The molecule has 0 N–H and O–H groups in total. The lowest BCUT2D eigenvalue weighted by Gasteiger charge is -2.21. The van der Waals surface area contributed by atoms with E-state index in [4.69, 9.17) is 4.98 Å². The maximum atomic E-state index is 5.74. The van der Waals surface area contributed by atoms with Crippen LogP contribution in [0.4, 0.5) is 0 Å². The molecule has 0 atom stereocenters. The monoisotopic (exact) mass is 832 g/mol. The molecule has 5 aromatic heterocycles. The Labute approximate surface area is 371 Å². The zero-order valence-electron chi connectivity index (χ0n) is 34.5. The quantitative estimate of drug-likeness (QED) is 0.170. The minimum atomic E-state index is 0.856. The molecule has 0 aliphatic heterocycles. The maximum absolute atomic E-state index is 5.74. The van der Waals surface area contributed by atoms with Gasteiger partial charge in [0.2, 0.25) is 0 Å². The molecule has 0 aliphatic rings. The van der Waals surface area contributed by atoms with Crippen LogP contribution < -0.4 is 0 Å². The Morgan fingerprint density at radius 2 is 0.688 bits per heavy atom. The molecule has 5 heterocycles. The molecule has 64 heavy (non-hydrogen) atoms. The number of hydrogen-bond donors (Lipinski definition) is 0. The summed E-state index contributed by atoms with van der Waals surface area (Å²) in [7, 11) is 0. The largest absolute Gasteiger partial charge is 0.309 e. The molecular weight excluding hydrogens is 797 g/mol. The molecule has 0 aliphatic carbocycles. The predicted octanol–water partition coefficient (Wildman–Crippen LogP) is 16.1. The SMILES string of the molecule is c1cc(-c2cccc3c2sc2ccccc23)c(-c2cc(-n3c4ccccc4c4ccccc43)nc(-n3c4ccccc4c4ccccc43)c2)c(-n2c3ccccc3c3ccccc32)c1. The van der Waals surface area contributed by atoms with Crippen molar-refractivity contribution in [2.45, 2.75) is 0 Å². The number of benzene rings is 9. The summed E-state index contributed by atoms with van der Waals surface area (Å²) in [4.78, 5) is 5.74. The first kappa shape index (κ1) is 35.4. The molecule has 0 unspecified atom stereocenters. The average molecular weight is 833 g/mol. The van der Waals surface area contributed by atoms with Crippen LogP contribution in [0.15, 0.2) is 218 Å². The van der Waals surface area contributed by atoms with Gasteiger partial charge in [-0.2, -0.15) is 0 Å². The summed E-state index contributed by atoms with van der Waals surface area (Å²) in [6, 6.07) is 79.7. The molecule has 0 spiro atoms. The van der Waals surface area contributed by atoms with Gasteiger partial charge in [0, 0.05) is 63.6 Å². The summed E-state index contributed by atoms with van der Waals surface area (Å²) in [6.45, 7) is 0. The smallest absolute Gasteiger partial charge is 0.140 e. The Balaban J connectivity index is 1.17. The fourth-order valence-electron chi connectivity index (χ4n) is 10.6. The molecule has 0 amide bonds. The number of hydrogen-bond acceptors (Lipinski definition) is 2. The van der Waals surface area contributed by atoms with E-state index in [1.165, 1.54) is 74.6 Å². The number of aromatic nitrogens is 4. The van der Waals surface area contributed by atoms with Crippen molar-refractivity contribution in [3.8, 4) is 39.6 Å². The zero-order valence-corrected chi connectivity index (χ0v) is 35.3. The van der Waals surface area contributed by atoms with Gasteiger partial charge in [0.25, 0.3) is 0 Å².